The number of rotatable bonds is 5. The number of aryl methyl sites for hydroxylation is 1. The van der Waals surface area contributed by atoms with E-state index in [4.69, 9.17) is 4.42 Å². The van der Waals surface area contributed by atoms with Crippen molar-refractivity contribution in [2.45, 2.75) is 26.4 Å². The quantitative estimate of drug-likeness (QED) is 0.590. The maximum absolute atomic E-state index is 12.6. The summed E-state index contributed by atoms with van der Waals surface area (Å²) in [5.41, 5.74) is 3.06. The SMILES string of the molecule is Cc1nc2ccccc2n1CCNC(=O)C(C)n1c(=O)oc2ccccc21. The number of carbonyl (C=O) groups is 1. The number of amides is 1. The maximum atomic E-state index is 12.6. The van der Waals surface area contributed by atoms with Crippen molar-refractivity contribution < 1.29 is 9.21 Å². The molecule has 0 spiro atoms. The standard InChI is InChI=1S/C20H20N4O3/c1-13(24-17-9-5-6-10-18(17)27-20(24)26)19(25)21-11-12-23-14(2)22-15-7-3-4-8-16(15)23/h3-10,13H,11-12H2,1-2H3,(H,21,25). The molecule has 7 nitrogen and oxygen atoms in total. The van der Waals surface area contributed by atoms with Gasteiger partial charge in [0, 0.05) is 13.1 Å². The van der Waals surface area contributed by atoms with Crippen LogP contribution in [0.3, 0.4) is 0 Å². The number of benzene rings is 2. The molecular formula is C20H20N4O3. The highest BCUT2D eigenvalue weighted by atomic mass is 16.4. The molecule has 27 heavy (non-hydrogen) atoms. The first-order valence-electron chi connectivity index (χ1n) is 8.86. The Labute approximate surface area is 155 Å². The summed E-state index contributed by atoms with van der Waals surface area (Å²) in [5, 5.41) is 2.90. The van der Waals surface area contributed by atoms with E-state index < -0.39 is 11.8 Å². The monoisotopic (exact) mass is 364 g/mol. The summed E-state index contributed by atoms with van der Waals surface area (Å²) in [7, 11) is 0. The fourth-order valence-electron chi connectivity index (χ4n) is 3.38. The molecule has 0 fully saturated rings. The summed E-state index contributed by atoms with van der Waals surface area (Å²) in [6.45, 7) is 4.68. The number of hydrogen-bond donors (Lipinski definition) is 1. The summed E-state index contributed by atoms with van der Waals surface area (Å²) in [6, 6.07) is 14.3. The Bertz CT molecular complexity index is 1180. The van der Waals surface area contributed by atoms with Crippen LogP contribution in [0.4, 0.5) is 0 Å². The van der Waals surface area contributed by atoms with Gasteiger partial charge in [0.2, 0.25) is 5.91 Å². The van der Waals surface area contributed by atoms with Gasteiger partial charge in [-0.2, -0.15) is 0 Å². The molecule has 1 unspecified atom stereocenters. The second-order valence-electron chi connectivity index (χ2n) is 6.47. The molecule has 1 N–H and O–H groups in total. The lowest BCUT2D eigenvalue weighted by Crippen LogP contribution is -2.36. The molecule has 4 aromatic rings. The van der Waals surface area contributed by atoms with Crippen LogP contribution in [0.1, 0.15) is 18.8 Å². The number of nitrogens with zero attached hydrogens (tertiary/aromatic N) is 3. The first-order valence-corrected chi connectivity index (χ1v) is 8.86. The zero-order chi connectivity index (χ0) is 19.0. The number of fused-ring (bicyclic) bond motifs is 2. The lowest BCUT2D eigenvalue weighted by atomic mass is 10.2. The molecule has 0 aliphatic carbocycles. The van der Waals surface area contributed by atoms with Crippen molar-refractivity contribution in [3.8, 4) is 0 Å². The van der Waals surface area contributed by atoms with Gasteiger partial charge < -0.3 is 14.3 Å². The molecular weight excluding hydrogens is 344 g/mol. The second-order valence-corrected chi connectivity index (χ2v) is 6.47. The molecule has 0 saturated carbocycles. The summed E-state index contributed by atoms with van der Waals surface area (Å²) in [6.07, 6.45) is 0. The molecule has 1 atom stereocenters. The van der Waals surface area contributed by atoms with Crippen molar-refractivity contribution in [1.82, 2.24) is 19.4 Å². The Hall–Kier alpha value is -3.35. The van der Waals surface area contributed by atoms with E-state index in [1.165, 1.54) is 4.57 Å². The van der Waals surface area contributed by atoms with Crippen molar-refractivity contribution in [2.24, 2.45) is 0 Å². The highest BCUT2D eigenvalue weighted by molar-refractivity contribution is 5.83. The minimum Gasteiger partial charge on any atom is -0.408 e. The molecule has 0 bridgehead atoms. The first kappa shape index (κ1) is 17.1. The number of imidazole rings is 1. The fourth-order valence-corrected chi connectivity index (χ4v) is 3.38. The summed E-state index contributed by atoms with van der Waals surface area (Å²) in [4.78, 5) is 29.2. The largest absolute Gasteiger partial charge is 0.420 e. The number of hydrogen-bond acceptors (Lipinski definition) is 4. The van der Waals surface area contributed by atoms with E-state index in [1.807, 2.05) is 37.3 Å². The van der Waals surface area contributed by atoms with Crippen molar-refractivity contribution in [3.63, 3.8) is 0 Å². The lowest BCUT2D eigenvalue weighted by molar-refractivity contribution is -0.123. The Kier molecular flexibility index (Phi) is 4.27. The third kappa shape index (κ3) is 3.01. The van der Waals surface area contributed by atoms with Crippen LogP contribution in [0.15, 0.2) is 57.7 Å². The minimum atomic E-state index is -0.665. The predicted molar refractivity (Wildman–Crippen MR) is 103 cm³/mol. The molecule has 0 radical (unpaired) electrons. The number of carbonyl (C=O) groups excluding carboxylic acids is 1. The van der Waals surface area contributed by atoms with Crippen LogP contribution in [0.5, 0.6) is 0 Å². The van der Waals surface area contributed by atoms with Gasteiger partial charge in [-0.3, -0.25) is 9.36 Å². The van der Waals surface area contributed by atoms with Gasteiger partial charge in [-0.1, -0.05) is 24.3 Å². The molecule has 2 aromatic carbocycles. The number of aromatic nitrogens is 3. The highest BCUT2D eigenvalue weighted by Gasteiger charge is 2.21. The van der Waals surface area contributed by atoms with Gasteiger partial charge in [-0.05, 0) is 38.1 Å². The molecule has 4 rings (SSSR count). The fraction of sp³-hybridized carbons (Fsp3) is 0.250. The summed E-state index contributed by atoms with van der Waals surface area (Å²) in [5.74, 6) is 0.136. The van der Waals surface area contributed by atoms with E-state index in [1.54, 1.807) is 25.1 Å². The van der Waals surface area contributed by atoms with Gasteiger partial charge >= 0.3 is 5.76 Å². The third-order valence-corrected chi connectivity index (χ3v) is 4.77. The van der Waals surface area contributed by atoms with Gasteiger partial charge in [0.15, 0.2) is 5.58 Å². The Balaban J connectivity index is 1.48. The second kappa shape index (κ2) is 6.75. The number of nitrogens with one attached hydrogen (secondary N) is 1. The van der Waals surface area contributed by atoms with Crippen molar-refractivity contribution >= 4 is 28.0 Å². The van der Waals surface area contributed by atoms with E-state index in [0.717, 1.165) is 16.9 Å². The lowest BCUT2D eigenvalue weighted by Gasteiger charge is -2.14. The topological polar surface area (TPSA) is 82.1 Å². The molecule has 138 valence electrons. The normalized spacial score (nSPS) is 12.5. The Morgan fingerprint density at radius 1 is 1.15 bits per heavy atom. The van der Waals surface area contributed by atoms with Crippen LogP contribution in [0, 0.1) is 6.92 Å². The van der Waals surface area contributed by atoms with E-state index in [2.05, 4.69) is 14.9 Å². The van der Waals surface area contributed by atoms with Crippen LogP contribution >= 0.6 is 0 Å². The number of para-hydroxylation sites is 4. The average Bonchev–Trinajstić information content (AvgIpc) is 3.16. The van der Waals surface area contributed by atoms with Crippen LogP contribution in [-0.4, -0.2) is 26.6 Å². The van der Waals surface area contributed by atoms with Gasteiger partial charge in [0.05, 0.1) is 16.6 Å². The van der Waals surface area contributed by atoms with Crippen molar-refractivity contribution in [3.05, 3.63) is 64.9 Å². The Morgan fingerprint density at radius 3 is 2.67 bits per heavy atom. The molecule has 0 aliphatic heterocycles. The minimum absolute atomic E-state index is 0.231. The van der Waals surface area contributed by atoms with E-state index in [0.29, 0.717) is 24.2 Å². The van der Waals surface area contributed by atoms with Crippen LogP contribution in [-0.2, 0) is 11.3 Å². The molecule has 7 heteroatoms. The van der Waals surface area contributed by atoms with Crippen LogP contribution in [0.2, 0.25) is 0 Å². The van der Waals surface area contributed by atoms with Gasteiger partial charge in [-0.15, -0.1) is 0 Å². The predicted octanol–water partition coefficient (Wildman–Crippen LogP) is 2.63. The average molecular weight is 364 g/mol. The molecule has 0 saturated heterocycles. The smallest absolute Gasteiger partial charge is 0.408 e. The van der Waals surface area contributed by atoms with Gasteiger partial charge in [0.25, 0.3) is 0 Å². The molecule has 0 aliphatic rings. The Morgan fingerprint density at radius 2 is 1.85 bits per heavy atom. The molecule has 2 heterocycles. The van der Waals surface area contributed by atoms with Gasteiger partial charge in [-0.25, -0.2) is 9.78 Å². The van der Waals surface area contributed by atoms with Crippen LogP contribution < -0.4 is 11.1 Å². The third-order valence-electron chi connectivity index (χ3n) is 4.77. The van der Waals surface area contributed by atoms with E-state index in [-0.39, 0.29) is 5.91 Å². The van der Waals surface area contributed by atoms with E-state index >= 15 is 0 Å². The van der Waals surface area contributed by atoms with Crippen LogP contribution in [0.25, 0.3) is 22.1 Å². The zero-order valence-corrected chi connectivity index (χ0v) is 15.2. The first-order chi connectivity index (χ1) is 13.1. The van der Waals surface area contributed by atoms with Gasteiger partial charge in [0.1, 0.15) is 11.9 Å². The summed E-state index contributed by atoms with van der Waals surface area (Å²) >= 11 is 0. The van der Waals surface area contributed by atoms with Crippen molar-refractivity contribution in [2.75, 3.05) is 6.54 Å². The maximum Gasteiger partial charge on any atom is 0.420 e. The molecule has 2 aromatic heterocycles. The van der Waals surface area contributed by atoms with E-state index in [9.17, 15) is 9.59 Å². The zero-order valence-electron chi connectivity index (χ0n) is 15.2. The highest BCUT2D eigenvalue weighted by Crippen LogP contribution is 2.17. The number of oxazole rings is 1. The summed E-state index contributed by atoms with van der Waals surface area (Å²) < 4.78 is 8.66. The van der Waals surface area contributed by atoms with Crippen molar-refractivity contribution in [1.29, 1.82) is 0 Å². The molecule has 1 amide bonds.